The maximum atomic E-state index is 12.1. The first kappa shape index (κ1) is 18.0. The van der Waals surface area contributed by atoms with Crippen LogP contribution >= 0.6 is 22.9 Å². The first-order valence-corrected chi connectivity index (χ1v) is 9.04. The standard InChI is InChI=1S/C18H15ClN4O2S/c19-13-8-6-12(7-9-13)10-11-20-15(24)17-22-23-18(26-17)16(25)21-14-4-2-1-3-5-14/h1-9H,10-11H2,(H,20,24)(H,21,25). The summed E-state index contributed by atoms with van der Waals surface area (Å²) in [7, 11) is 0. The molecule has 26 heavy (non-hydrogen) atoms. The van der Waals surface area contributed by atoms with Gasteiger partial charge in [0.25, 0.3) is 11.8 Å². The third kappa shape index (κ3) is 4.87. The lowest BCUT2D eigenvalue weighted by atomic mass is 10.1. The fourth-order valence-electron chi connectivity index (χ4n) is 2.16. The van der Waals surface area contributed by atoms with Crippen LogP contribution < -0.4 is 10.6 Å². The summed E-state index contributed by atoms with van der Waals surface area (Å²) in [6.45, 7) is 0.450. The summed E-state index contributed by atoms with van der Waals surface area (Å²) in [5.41, 5.74) is 1.72. The zero-order valence-corrected chi connectivity index (χ0v) is 15.2. The van der Waals surface area contributed by atoms with Crippen molar-refractivity contribution in [3.8, 4) is 0 Å². The average molecular weight is 387 g/mol. The van der Waals surface area contributed by atoms with Crippen molar-refractivity contribution in [1.29, 1.82) is 0 Å². The van der Waals surface area contributed by atoms with Crippen molar-refractivity contribution in [2.24, 2.45) is 0 Å². The largest absolute Gasteiger partial charge is 0.350 e. The summed E-state index contributed by atoms with van der Waals surface area (Å²) in [6.07, 6.45) is 0.670. The van der Waals surface area contributed by atoms with Crippen molar-refractivity contribution < 1.29 is 9.59 Å². The highest BCUT2D eigenvalue weighted by atomic mass is 35.5. The quantitative estimate of drug-likeness (QED) is 0.679. The molecule has 2 aromatic carbocycles. The summed E-state index contributed by atoms with van der Waals surface area (Å²) in [5, 5.41) is 14.0. The number of carbonyl (C=O) groups is 2. The normalized spacial score (nSPS) is 10.3. The number of benzene rings is 2. The van der Waals surface area contributed by atoms with Gasteiger partial charge < -0.3 is 10.6 Å². The number of carbonyl (C=O) groups excluding carboxylic acids is 2. The number of aromatic nitrogens is 2. The number of anilines is 1. The van der Waals surface area contributed by atoms with Crippen molar-refractivity contribution in [2.45, 2.75) is 6.42 Å². The number of para-hydroxylation sites is 1. The molecule has 8 heteroatoms. The molecule has 0 unspecified atom stereocenters. The van der Waals surface area contributed by atoms with Gasteiger partial charge >= 0.3 is 0 Å². The Balaban J connectivity index is 1.52. The van der Waals surface area contributed by atoms with Crippen LogP contribution in [0.3, 0.4) is 0 Å². The second-order valence-corrected chi connectivity index (χ2v) is 6.78. The maximum Gasteiger partial charge on any atom is 0.286 e. The Bertz CT molecular complexity index is 897. The molecule has 0 bridgehead atoms. The molecular weight excluding hydrogens is 372 g/mol. The van der Waals surface area contributed by atoms with Crippen LogP contribution in [0.2, 0.25) is 5.02 Å². The van der Waals surface area contributed by atoms with E-state index in [0.29, 0.717) is 23.7 Å². The van der Waals surface area contributed by atoms with Gasteiger partial charge in [-0.2, -0.15) is 0 Å². The minimum absolute atomic E-state index is 0.136. The molecule has 0 radical (unpaired) electrons. The van der Waals surface area contributed by atoms with Crippen molar-refractivity contribution in [2.75, 3.05) is 11.9 Å². The molecule has 6 nitrogen and oxygen atoms in total. The highest BCUT2D eigenvalue weighted by molar-refractivity contribution is 7.15. The molecule has 1 aromatic heterocycles. The van der Waals surface area contributed by atoms with Gasteiger partial charge in [-0.1, -0.05) is 53.3 Å². The van der Waals surface area contributed by atoms with E-state index in [0.717, 1.165) is 16.9 Å². The Kier molecular flexibility index (Phi) is 5.93. The highest BCUT2D eigenvalue weighted by Crippen LogP contribution is 2.13. The maximum absolute atomic E-state index is 12.1. The summed E-state index contributed by atoms with van der Waals surface area (Å²) >= 11 is 6.79. The molecule has 3 rings (SSSR count). The minimum atomic E-state index is -0.395. The molecule has 3 aromatic rings. The Morgan fingerprint density at radius 2 is 1.58 bits per heavy atom. The SMILES string of the molecule is O=C(NCCc1ccc(Cl)cc1)c1nnc(C(=O)Nc2ccccc2)s1. The Labute approximate surface area is 159 Å². The number of amides is 2. The molecule has 132 valence electrons. The molecule has 0 saturated carbocycles. The fourth-order valence-corrected chi connectivity index (χ4v) is 2.94. The lowest BCUT2D eigenvalue weighted by molar-refractivity contribution is 0.0951. The van der Waals surface area contributed by atoms with Gasteiger partial charge in [-0.3, -0.25) is 9.59 Å². The van der Waals surface area contributed by atoms with Gasteiger partial charge in [0.1, 0.15) is 0 Å². The van der Waals surface area contributed by atoms with E-state index in [2.05, 4.69) is 20.8 Å². The third-order valence-electron chi connectivity index (χ3n) is 3.46. The van der Waals surface area contributed by atoms with E-state index in [-0.39, 0.29) is 15.9 Å². The molecule has 0 saturated heterocycles. The van der Waals surface area contributed by atoms with Crippen LogP contribution in [0.15, 0.2) is 54.6 Å². The average Bonchev–Trinajstić information content (AvgIpc) is 3.15. The molecular formula is C18H15ClN4O2S. The van der Waals surface area contributed by atoms with E-state index >= 15 is 0 Å². The molecule has 0 aliphatic heterocycles. The summed E-state index contributed by atoms with van der Waals surface area (Å²) in [5.74, 6) is -0.746. The van der Waals surface area contributed by atoms with E-state index in [4.69, 9.17) is 11.6 Å². The molecule has 0 aliphatic carbocycles. The van der Waals surface area contributed by atoms with Crippen molar-refractivity contribution in [3.05, 3.63) is 75.2 Å². The lowest BCUT2D eigenvalue weighted by Crippen LogP contribution is -2.25. The number of rotatable bonds is 6. The molecule has 0 fully saturated rings. The van der Waals surface area contributed by atoms with Crippen LogP contribution in [-0.2, 0) is 6.42 Å². The lowest BCUT2D eigenvalue weighted by Gasteiger charge is -2.03. The molecule has 0 aliphatic rings. The van der Waals surface area contributed by atoms with E-state index < -0.39 is 5.91 Å². The second-order valence-electron chi connectivity index (χ2n) is 5.36. The summed E-state index contributed by atoms with van der Waals surface area (Å²) < 4.78 is 0. The predicted octanol–water partition coefficient (Wildman–Crippen LogP) is 3.42. The Morgan fingerprint density at radius 3 is 2.27 bits per heavy atom. The second kappa shape index (κ2) is 8.55. The zero-order chi connectivity index (χ0) is 18.4. The molecule has 0 atom stereocenters. The monoisotopic (exact) mass is 386 g/mol. The van der Waals surface area contributed by atoms with E-state index in [1.54, 1.807) is 24.3 Å². The highest BCUT2D eigenvalue weighted by Gasteiger charge is 2.17. The van der Waals surface area contributed by atoms with E-state index in [1.165, 1.54) is 0 Å². The molecule has 1 heterocycles. The van der Waals surface area contributed by atoms with Gasteiger partial charge in [-0.25, -0.2) is 0 Å². The van der Waals surface area contributed by atoms with Crippen molar-refractivity contribution in [3.63, 3.8) is 0 Å². The van der Waals surface area contributed by atoms with Crippen LogP contribution in [0.1, 0.15) is 25.2 Å². The van der Waals surface area contributed by atoms with Gasteiger partial charge in [-0.05, 0) is 36.2 Å². The van der Waals surface area contributed by atoms with E-state index in [9.17, 15) is 9.59 Å². The first-order valence-electron chi connectivity index (χ1n) is 7.84. The minimum Gasteiger partial charge on any atom is -0.350 e. The van der Waals surface area contributed by atoms with Gasteiger partial charge in [0, 0.05) is 17.3 Å². The molecule has 0 spiro atoms. The number of hydrogen-bond donors (Lipinski definition) is 2. The number of nitrogens with one attached hydrogen (secondary N) is 2. The molecule has 2 amide bonds. The van der Waals surface area contributed by atoms with Crippen LogP contribution in [-0.4, -0.2) is 28.6 Å². The smallest absolute Gasteiger partial charge is 0.286 e. The number of hydrogen-bond acceptors (Lipinski definition) is 5. The third-order valence-corrected chi connectivity index (χ3v) is 4.63. The summed E-state index contributed by atoms with van der Waals surface area (Å²) in [6, 6.07) is 16.4. The Hall–Kier alpha value is -2.77. The summed E-state index contributed by atoms with van der Waals surface area (Å²) in [4.78, 5) is 24.3. The predicted molar refractivity (Wildman–Crippen MR) is 102 cm³/mol. The molecule has 2 N–H and O–H groups in total. The number of halogens is 1. The van der Waals surface area contributed by atoms with Crippen molar-refractivity contribution in [1.82, 2.24) is 15.5 Å². The Morgan fingerprint density at radius 1 is 0.923 bits per heavy atom. The number of nitrogens with zero attached hydrogens (tertiary/aromatic N) is 2. The van der Waals surface area contributed by atoms with Gasteiger partial charge in [0.05, 0.1) is 0 Å². The van der Waals surface area contributed by atoms with Crippen molar-refractivity contribution >= 4 is 40.4 Å². The van der Waals surface area contributed by atoms with Gasteiger partial charge in [-0.15, -0.1) is 10.2 Å². The van der Waals surface area contributed by atoms with Crippen LogP contribution in [0, 0.1) is 0 Å². The van der Waals surface area contributed by atoms with E-state index in [1.807, 2.05) is 30.3 Å². The topological polar surface area (TPSA) is 84.0 Å². The van der Waals surface area contributed by atoms with Gasteiger partial charge in [0.15, 0.2) is 0 Å². The van der Waals surface area contributed by atoms with Crippen LogP contribution in [0.25, 0.3) is 0 Å². The fraction of sp³-hybridized carbons (Fsp3) is 0.111. The van der Waals surface area contributed by atoms with Crippen LogP contribution in [0.4, 0.5) is 5.69 Å². The first-order chi connectivity index (χ1) is 12.6. The van der Waals surface area contributed by atoms with Gasteiger partial charge in [0.2, 0.25) is 10.0 Å². The zero-order valence-electron chi connectivity index (χ0n) is 13.6. The van der Waals surface area contributed by atoms with Crippen LogP contribution in [0.5, 0.6) is 0 Å².